The maximum atomic E-state index is 12.7. The standard InChI is InChI=1S/C25H22BrNO4/c1-27(23(24(28)29)14-16-10-12-17(26)13-11-16)25(30)31-15-22-20-8-4-2-6-18(20)19-7-3-5-9-21(19)22/h2-13,22-23H,14-15H2,1H3,(H,28,29). The van der Waals surface area contributed by atoms with Crippen molar-refractivity contribution in [3.63, 3.8) is 0 Å². The van der Waals surface area contributed by atoms with Crippen LogP contribution in [0, 0.1) is 0 Å². The van der Waals surface area contributed by atoms with Gasteiger partial charge in [0.05, 0.1) is 0 Å². The number of carboxylic acid groups (broad SMARTS) is 1. The number of hydrogen-bond acceptors (Lipinski definition) is 3. The number of carbonyl (C=O) groups excluding carboxylic acids is 1. The lowest BCUT2D eigenvalue weighted by Gasteiger charge is -2.25. The van der Waals surface area contributed by atoms with Crippen LogP contribution >= 0.6 is 15.9 Å². The van der Waals surface area contributed by atoms with Gasteiger partial charge in [-0.05, 0) is 39.9 Å². The first-order valence-electron chi connectivity index (χ1n) is 10.0. The molecule has 1 N–H and O–H groups in total. The summed E-state index contributed by atoms with van der Waals surface area (Å²) in [6.07, 6.45) is -0.449. The summed E-state index contributed by atoms with van der Waals surface area (Å²) in [4.78, 5) is 25.8. The second kappa shape index (κ2) is 8.94. The third kappa shape index (κ3) is 4.35. The molecule has 0 heterocycles. The summed E-state index contributed by atoms with van der Waals surface area (Å²) in [6.45, 7) is 0.155. The quantitative estimate of drug-likeness (QED) is 0.518. The van der Waals surface area contributed by atoms with E-state index < -0.39 is 18.1 Å². The van der Waals surface area contributed by atoms with Gasteiger partial charge >= 0.3 is 12.1 Å². The van der Waals surface area contributed by atoms with Crippen LogP contribution in [-0.2, 0) is 16.0 Å². The van der Waals surface area contributed by atoms with Gasteiger partial charge in [-0.2, -0.15) is 0 Å². The minimum absolute atomic E-state index is 0.0699. The van der Waals surface area contributed by atoms with Crippen molar-refractivity contribution in [2.45, 2.75) is 18.4 Å². The van der Waals surface area contributed by atoms with Crippen molar-refractivity contribution in [2.75, 3.05) is 13.7 Å². The molecular formula is C25H22BrNO4. The molecule has 0 fully saturated rings. The van der Waals surface area contributed by atoms with E-state index in [1.807, 2.05) is 60.7 Å². The van der Waals surface area contributed by atoms with E-state index >= 15 is 0 Å². The van der Waals surface area contributed by atoms with Crippen LogP contribution in [0.2, 0.25) is 0 Å². The number of fused-ring (bicyclic) bond motifs is 3. The number of amides is 1. The Balaban J connectivity index is 1.47. The molecule has 158 valence electrons. The molecule has 0 saturated carbocycles. The van der Waals surface area contributed by atoms with Crippen molar-refractivity contribution in [2.24, 2.45) is 0 Å². The molecule has 31 heavy (non-hydrogen) atoms. The van der Waals surface area contributed by atoms with Crippen LogP contribution in [0.15, 0.2) is 77.3 Å². The predicted octanol–water partition coefficient (Wildman–Crippen LogP) is 5.33. The molecule has 3 aromatic rings. The normalized spacial score (nSPS) is 13.2. The molecule has 5 nitrogen and oxygen atoms in total. The van der Waals surface area contributed by atoms with Crippen molar-refractivity contribution in [1.82, 2.24) is 4.90 Å². The van der Waals surface area contributed by atoms with Gasteiger partial charge in [0.15, 0.2) is 0 Å². The van der Waals surface area contributed by atoms with E-state index in [9.17, 15) is 14.7 Å². The van der Waals surface area contributed by atoms with Crippen molar-refractivity contribution in [1.29, 1.82) is 0 Å². The summed E-state index contributed by atoms with van der Waals surface area (Å²) in [6, 6.07) is 22.5. The van der Waals surface area contributed by atoms with E-state index in [4.69, 9.17) is 4.74 Å². The monoisotopic (exact) mass is 479 g/mol. The Hall–Kier alpha value is -3.12. The largest absolute Gasteiger partial charge is 0.480 e. The first-order chi connectivity index (χ1) is 15.0. The van der Waals surface area contributed by atoms with E-state index in [1.54, 1.807) is 0 Å². The highest BCUT2D eigenvalue weighted by Gasteiger charge is 2.32. The summed E-state index contributed by atoms with van der Waals surface area (Å²) in [7, 11) is 1.47. The number of aliphatic carboxylic acids is 1. The molecule has 1 amide bonds. The van der Waals surface area contributed by atoms with Gasteiger partial charge in [0.1, 0.15) is 12.6 Å². The molecule has 0 bridgehead atoms. The number of carbonyl (C=O) groups is 2. The Bertz CT molecular complexity index is 1070. The molecule has 6 heteroatoms. The minimum atomic E-state index is -1.07. The van der Waals surface area contributed by atoms with Crippen molar-refractivity contribution in [3.8, 4) is 11.1 Å². The number of ether oxygens (including phenoxy) is 1. The zero-order valence-electron chi connectivity index (χ0n) is 17.0. The highest BCUT2D eigenvalue weighted by molar-refractivity contribution is 9.10. The first-order valence-corrected chi connectivity index (χ1v) is 10.8. The summed E-state index contributed by atoms with van der Waals surface area (Å²) >= 11 is 3.37. The third-order valence-corrected chi connectivity index (χ3v) is 6.25. The Kier molecular flexibility index (Phi) is 6.09. The molecule has 3 aromatic carbocycles. The fraction of sp³-hybridized carbons (Fsp3) is 0.200. The molecule has 1 unspecified atom stereocenters. The summed E-state index contributed by atoms with van der Waals surface area (Å²) < 4.78 is 6.52. The maximum Gasteiger partial charge on any atom is 0.410 e. The summed E-state index contributed by atoms with van der Waals surface area (Å²) in [5.41, 5.74) is 5.35. The van der Waals surface area contributed by atoms with Crippen LogP contribution in [-0.4, -0.2) is 41.8 Å². The van der Waals surface area contributed by atoms with Crippen molar-refractivity contribution >= 4 is 28.0 Å². The van der Waals surface area contributed by atoms with Gasteiger partial charge in [0, 0.05) is 23.9 Å². The topological polar surface area (TPSA) is 66.8 Å². The van der Waals surface area contributed by atoms with Gasteiger partial charge in [-0.1, -0.05) is 76.6 Å². The fourth-order valence-electron chi connectivity index (χ4n) is 4.06. The number of likely N-dealkylation sites (N-methyl/N-ethyl adjacent to an activating group) is 1. The lowest BCUT2D eigenvalue weighted by atomic mass is 9.98. The SMILES string of the molecule is CN(C(=O)OCC1c2ccccc2-c2ccccc21)C(Cc1ccc(Br)cc1)C(=O)O. The van der Waals surface area contributed by atoms with Gasteiger partial charge in [-0.15, -0.1) is 0 Å². The highest BCUT2D eigenvalue weighted by atomic mass is 79.9. The van der Waals surface area contributed by atoms with Crippen LogP contribution in [0.25, 0.3) is 11.1 Å². The van der Waals surface area contributed by atoms with Gasteiger partial charge < -0.3 is 9.84 Å². The zero-order valence-corrected chi connectivity index (χ0v) is 18.6. The van der Waals surface area contributed by atoms with Crippen molar-refractivity contribution in [3.05, 3.63) is 94.0 Å². The van der Waals surface area contributed by atoms with Crippen LogP contribution in [0.1, 0.15) is 22.6 Å². The van der Waals surface area contributed by atoms with E-state index in [1.165, 1.54) is 7.05 Å². The van der Waals surface area contributed by atoms with Gasteiger partial charge in [-0.3, -0.25) is 4.90 Å². The first kappa shape index (κ1) is 21.1. The molecule has 4 rings (SSSR count). The molecule has 0 aromatic heterocycles. The van der Waals surface area contributed by atoms with Crippen molar-refractivity contribution < 1.29 is 19.4 Å². The van der Waals surface area contributed by atoms with Gasteiger partial charge in [0.25, 0.3) is 0 Å². The summed E-state index contributed by atoms with van der Waals surface area (Å²) in [5, 5.41) is 9.69. The summed E-state index contributed by atoms with van der Waals surface area (Å²) in [5.74, 6) is -1.14. The van der Waals surface area contributed by atoms with Gasteiger partial charge in [0.2, 0.25) is 0 Å². The average Bonchev–Trinajstić information content (AvgIpc) is 3.10. The lowest BCUT2D eigenvalue weighted by Crippen LogP contribution is -2.44. The molecule has 0 saturated heterocycles. The van der Waals surface area contributed by atoms with E-state index in [-0.39, 0.29) is 18.9 Å². The number of halogens is 1. The number of carboxylic acids is 1. The second-order valence-corrected chi connectivity index (χ2v) is 8.52. The molecule has 1 atom stereocenters. The smallest absolute Gasteiger partial charge is 0.410 e. The third-order valence-electron chi connectivity index (χ3n) is 5.72. The number of benzene rings is 3. The van der Waals surface area contributed by atoms with Crippen LogP contribution in [0.4, 0.5) is 4.79 Å². The molecule has 1 aliphatic rings. The highest BCUT2D eigenvalue weighted by Crippen LogP contribution is 2.44. The number of hydrogen-bond donors (Lipinski definition) is 1. The number of nitrogens with zero attached hydrogens (tertiary/aromatic N) is 1. The second-order valence-electron chi connectivity index (χ2n) is 7.60. The Labute approximate surface area is 189 Å². The average molecular weight is 480 g/mol. The maximum absolute atomic E-state index is 12.7. The van der Waals surface area contributed by atoms with Gasteiger partial charge in [-0.25, -0.2) is 9.59 Å². The fourth-order valence-corrected chi connectivity index (χ4v) is 4.32. The molecular weight excluding hydrogens is 458 g/mol. The van der Waals surface area contributed by atoms with Crippen LogP contribution in [0.3, 0.4) is 0 Å². The zero-order chi connectivity index (χ0) is 22.0. The molecule has 1 aliphatic carbocycles. The van der Waals surface area contributed by atoms with Crippen LogP contribution in [0.5, 0.6) is 0 Å². The van der Waals surface area contributed by atoms with E-state index in [0.717, 1.165) is 37.2 Å². The number of rotatable bonds is 6. The molecule has 0 aliphatic heterocycles. The van der Waals surface area contributed by atoms with Crippen LogP contribution < -0.4 is 0 Å². The Morgan fingerprint density at radius 3 is 2.06 bits per heavy atom. The predicted molar refractivity (Wildman–Crippen MR) is 122 cm³/mol. The molecule has 0 spiro atoms. The minimum Gasteiger partial charge on any atom is -0.480 e. The lowest BCUT2D eigenvalue weighted by molar-refractivity contribution is -0.142. The van der Waals surface area contributed by atoms with E-state index in [0.29, 0.717) is 0 Å². The Morgan fingerprint density at radius 2 is 1.52 bits per heavy atom. The van der Waals surface area contributed by atoms with E-state index in [2.05, 4.69) is 28.1 Å². The Morgan fingerprint density at radius 1 is 0.968 bits per heavy atom. The molecule has 0 radical (unpaired) electrons.